The summed E-state index contributed by atoms with van der Waals surface area (Å²) in [5.41, 5.74) is -2.10. The smallest absolute Gasteiger partial charge is 0.334 e. The first-order valence-electron chi connectivity index (χ1n) is 8.66. The van der Waals surface area contributed by atoms with Gasteiger partial charge in [0.25, 0.3) is 0 Å². The predicted molar refractivity (Wildman–Crippen MR) is 88.4 cm³/mol. The van der Waals surface area contributed by atoms with Gasteiger partial charge in [-0.15, -0.1) is 0 Å². The second-order valence-electron chi connectivity index (χ2n) is 7.45. The second kappa shape index (κ2) is 5.80. The van der Waals surface area contributed by atoms with Crippen LogP contribution in [0.4, 0.5) is 0 Å². The lowest BCUT2D eigenvalue weighted by Crippen LogP contribution is -2.59. The summed E-state index contributed by atoms with van der Waals surface area (Å²) in [6.07, 6.45) is 1.20. The van der Waals surface area contributed by atoms with Gasteiger partial charge in [-0.05, 0) is 40.0 Å². The Balaban J connectivity index is 2.02. The topological polar surface area (TPSA) is 89.9 Å². The molecule has 2 aliphatic carbocycles. The number of ether oxygens (including phenoxy) is 2. The van der Waals surface area contributed by atoms with Gasteiger partial charge in [0.2, 0.25) is 0 Å². The number of carbonyl (C=O) groups excluding carboxylic acids is 3. The van der Waals surface area contributed by atoms with Gasteiger partial charge >= 0.3 is 11.9 Å². The molecule has 0 spiro atoms. The second-order valence-corrected chi connectivity index (χ2v) is 7.45. The molecular formula is C19H24O6. The number of hydrogen-bond donors (Lipinski definition) is 1. The minimum atomic E-state index is -1.56. The number of hydrogen-bond acceptors (Lipinski definition) is 6. The van der Waals surface area contributed by atoms with Gasteiger partial charge in [0.05, 0.1) is 5.41 Å². The first kappa shape index (κ1) is 17.9. The van der Waals surface area contributed by atoms with Crippen LogP contribution >= 0.6 is 0 Å². The van der Waals surface area contributed by atoms with E-state index < -0.39 is 35.2 Å². The van der Waals surface area contributed by atoms with Gasteiger partial charge in [0, 0.05) is 23.5 Å². The lowest BCUT2D eigenvalue weighted by atomic mass is 9.67. The Morgan fingerprint density at radius 1 is 1.40 bits per heavy atom. The zero-order chi connectivity index (χ0) is 18.6. The molecule has 3 fully saturated rings. The number of ketones is 1. The zero-order valence-electron chi connectivity index (χ0n) is 14.8. The number of aliphatic hydroxyl groups is 1. The van der Waals surface area contributed by atoms with Gasteiger partial charge in [-0.25, -0.2) is 9.59 Å². The van der Waals surface area contributed by atoms with E-state index >= 15 is 0 Å². The summed E-state index contributed by atoms with van der Waals surface area (Å²) < 4.78 is 11.1. The maximum atomic E-state index is 12.7. The van der Waals surface area contributed by atoms with Crippen molar-refractivity contribution in [3.8, 4) is 0 Å². The molecule has 25 heavy (non-hydrogen) atoms. The fourth-order valence-corrected chi connectivity index (χ4v) is 4.48. The fourth-order valence-electron chi connectivity index (χ4n) is 4.48. The van der Waals surface area contributed by atoms with Gasteiger partial charge in [-0.2, -0.15) is 0 Å². The standard InChI is InChI=1S/C19H24O6/c1-5-10(2)16(21)24-14-7-6-12-11(3)17(22)25-15(12)18(4)13(20)8-9-19(14,18)23/h5,12,14-15,23H,3,6-9H2,1-2,4H3/b10-5+/t12-,14-,15+,18-,19+/m0/s1. The molecule has 5 atom stereocenters. The van der Waals surface area contributed by atoms with Crippen molar-refractivity contribution in [1.82, 2.24) is 0 Å². The van der Waals surface area contributed by atoms with Crippen molar-refractivity contribution in [2.45, 2.75) is 64.3 Å². The molecule has 136 valence electrons. The van der Waals surface area contributed by atoms with Crippen LogP contribution in [0.15, 0.2) is 23.8 Å². The quantitative estimate of drug-likeness (QED) is 0.605. The third-order valence-corrected chi connectivity index (χ3v) is 6.37. The molecule has 2 saturated carbocycles. The summed E-state index contributed by atoms with van der Waals surface area (Å²) in [4.78, 5) is 37.0. The Bertz CT molecular complexity index is 692. The third kappa shape index (κ3) is 2.30. The van der Waals surface area contributed by atoms with Crippen molar-refractivity contribution in [3.63, 3.8) is 0 Å². The molecule has 1 aliphatic heterocycles. The van der Waals surface area contributed by atoms with Crippen molar-refractivity contribution in [2.24, 2.45) is 11.3 Å². The van der Waals surface area contributed by atoms with E-state index in [9.17, 15) is 19.5 Å². The van der Waals surface area contributed by atoms with Gasteiger partial charge in [-0.3, -0.25) is 4.79 Å². The van der Waals surface area contributed by atoms with Crippen LogP contribution in [0, 0.1) is 11.3 Å². The van der Waals surface area contributed by atoms with E-state index in [-0.39, 0.29) is 24.5 Å². The van der Waals surface area contributed by atoms with E-state index in [0.717, 1.165) is 0 Å². The van der Waals surface area contributed by atoms with E-state index in [2.05, 4.69) is 6.58 Å². The molecule has 0 unspecified atom stereocenters. The third-order valence-electron chi connectivity index (χ3n) is 6.37. The zero-order valence-corrected chi connectivity index (χ0v) is 14.8. The summed E-state index contributed by atoms with van der Waals surface area (Å²) in [5.74, 6) is -1.54. The summed E-state index contributed by atoms with van der Waals surface area (Å²) in [6, 6.07) is 0. The van der Waals surface area contributed by atoms with E-state index in [4.69, 9.17) is 9.47 Å². The van der Waals surface area contributed by atoms with Crippen LogP contribution in [-0.2, 0) is 23.9 Å². The van der Waals surface area contributed by atoms with Gasteiger partial charge < -0.3 is 14.6 Å². The molecule has 0 radical (unpaired) electrons. The molecular weight excluding hydrogens is 324 g/mol. The Kier molecular flexibility index (Phi) is 4.14. The van der Waals surface area contributed by atoms with E-state index in [0.29, 0.717) is 24.0 Å². The lowest BCUT2D eigenvalue weighted by Gasteiger charge is -2.43. The Morgan fingerprint density at radius 2 is 2.08 bits per heavy atom. The number of fused-ring (bicyclic) bond motifs is 3. The van der Waals surface area contributed by atoms with Gasteiger partial charge in [0.15, 0.2) is 0 Å². The Hall–Kier alpha value is -1.95. The molecule has 0 aromatic heterocycles. The average Bonchev–Trinajstić information content (AvgIpc) is 2.97. The van der Waals surface area contributed by atoms with Crippen LogP contribution in [0.1, 0.15) is 46.5 Å². The van der Waals surface area contributed by atoms with Crippen LogP contribution in [0.3, 0.4) is 0 Å². The highest BCUT2D eigenvalue weighted by Gasteiger charge is 2.70. The first-order valence-corrected chi connectivity index (χ1v) is 8.66. The van der Waals surface area contributed by atoms with Crippen LogP contribution in [-0.4, -0.2) is 40.6 Å². The molecule has 0 aromatic rings. The lowest BCUT2D eigenvalue weighted by molar-refractivity contribution is -0.194. The highest BCUT2D eigenvalue weighted by atomic mass is 16.6. The van der Waals surface area contributed by atoms with Crippen molar-refractivity contribution in [3.05, 3.63) is 23.8 Å². The number of carbonyl (C=O) groups is 3. The summed E-state index contributed by atoms with van der Waals surface area (Å²) in [7, 11) is 0. The Labute approximate surface area is 146 Å². The normalized spacial score (nSPS) is 41.0. The molecule has 0 aromatic carbocycles. The Morgan fingerprint density at radius 3 is 2.72 bits per heavy atom. The molecule has 0 amide bonds. The summed E-state index contributed by atoms with van der Waals surface area (Å²) >= 11 is 0. The number of Topliss-reactive ketones (excluding diaryl/α,β-unsaturated/α-hetero) is 1. The molecule has 0 bridgehead atoms. The van der Waals surface area contributed by atoms with Crippen molar-refractivity contribution >= 4 is 17.7 Å². The summed E-state index contributed by atoms with van der Waals surface area (Å²) in [6.45, 7) is 8.79. The highest BCUT2D eigenvalue weighted by molar-refractivity contribution is 5.95. The minimum absolute atomic E-state index is 0.164. The fraction of sp³-hybridized carbons (Fsp3) is 0.632. The molecule has 1 heterocycles. The van der Waals surface area contributed by atoms with Gasteiger partial charge in [0.1, 0.15) is 23.6 Å². The first-order chi connectivity index (χ1) is 11.7. The number of esters is 2. The molecule has 3 aliphatic rings. The highest BCUT2D eigenvalue weighted by Crippen LogP contribution is 2.57. The van der Waals surface area contributed by atoms with Crippen molar-refractivity contribution < 1.29 is 29.0 Å². The summed E-state index contributed by atoms with van der Waals surface area (Å²) in [5, 5.41) is 11.5. The molecule has 1 N–H and O–H groups in total. The molecule has 3 rings (SSSR count). The maximum absolute atomic E-state index is 12.7. The van der Waals surface area contributed by atoms with Crippen molar-refractivity contribution in [2.75, 3.05) is 0 Å². The van der Waals surface area contributed by atoms with E-state index in [1.165, 1.54) is 0 Å². The van der Waals surface area contributed by atoms with Crippen molar-refractivity contribution in [1.29, 1.82) is 0 Å². The van der Waals surface area contributed by atoms with Crippen LogP contribution in [0.25, 0.3) is 0 Å². The van der Waals surface area contributed by atoms with Gasteiger partial charge in [-0.1, -0.05) is 12.7 Å². The average molecular weight is 348 g/mol. The monoisotopic (exact) mass is 348 g/mol. The maximum Gasteiger partial charge on any atom is 0.334 e. The minimum Gasteiger partial charge on any atom is -0.457 e. The number of rotatable bonds is 2. The predicted octanol–water partition coefficient (Wildman–Crippen LogP) is 1.86. The van der Waals surface area contributed by atoms with E-state index in [1.54, 1.807) is 26.8 Å². The van der Waals surface area contributed by atoms with Crippen LogP contribution in [0.5, 0.6) is 0 Å². The van der Waals surface area contributed by atoms with E-state index in [1.807, 2.05) is 0 Å². The van der Waals surface area contributed by atoms with Crippen LogP contribution in [0.2, 0.25) is 0 Å². The molecule has 1 saturated heterocycles. The SMILES string of the molecule is C=C1C(=O)O[C@@H]2[C@H]1CC[C@H](OC(=O)/C(C)=C/C)[C@]1(O)CCC(=O)[C@@]21C. The van der Waals surface area contributed by atoms with Crippen LogP contribution < -0.4 is 0 Å². The number of allylic oxidation sites excluding steroid dienone is 1. The largest absolute Gasteiger partial charge is 0.457 e. The molecule has 6 nitrogen and oxygen atoms in total. The molecule has 6 heteroatoms.